The van der Waals surface area contributed by atoms with Gasteiger partial charge in [0, 0.05) is 5.02 Å². The van der Waals surface area contributed by atoms with E-state index in [2.05, 4.69) is 10.2 Å². The summed E-state index contributed by atoms with van der Waals surface area (Å²) in [5, 5.41) is 3.87. The number of halogens is 2. The highest BCUT2D eigenvalue weighted by atomic mass is 35.5. The van der Waals surface area contributed by atoms with Crippen molar-refractivity contribution in [3.8, 4) is 0 Å². The fourth-order valence-electron chi connectivity index (χ4n) is 2.66. The summed E-state index contributed by atoms with van der Waals surface area (Å²) in [6, 6.07) is 5.04. The Morgan fingerprint density at radius 3 is 2.71 bits per heavy atom. The Bertz CT molecular complexity index is 488. The van der Waals surface area contributed by atoms with E-state index in [-0.39, 0.29) is 5.91 Å². The van der Waals surface area contributed by atoms with Crippen LogP contribution in [-0.2, 0) is 4.79 Å². The van der Waals surface area contributed by atoms with Crippen LogP contribution >= 0.6 is 23.2 Å². The van der Waals surface area contributed by atoms with Crippen molar-refractivity contribution in [1.82, 2.24) is 4.90 Å². The predicted molar refractivity (Wildman–Crippen MR) is 87.9 cm³/mol. The number of piperidine rings is 1. The molecule has 0 bridgehead atoms. The first kappa shape index (κ1) is 16.6. The summed E-state index contributed by atoms with van der Waals surface area (Å²) in [5.74, 6) is 0.646. The first-order valence-electron chi connectivity index (χ1n) is 7.26. The van der Waals surface area contributed by atoms with Gasteiger partial charge in [-0.25, -0.2) is 0 Å². The number of nitrogens with zero attached hydrogens (tertiary/aromatic N) is 1. The van der Waals surface area contributed by atoms with Gasteiger partial charge in [-0.3, -0.25) is 9.69 Å². The summed E-state index contributed by atoms with van der Waals surface area (Å²) >= 11 is 11.9. The Kier molecular flexibility index (Phi) is 6.30. The number of hydrogen-bond acceptors (Lipinski definition) is 3. The van der Waals surface area contributed by atoms with Crippen molar-refractivity contribution in [2.75, 3.05) is 31.5 Å². The topological polar surface area (TPSA) is 58.4 Å². The van der Waals surface area contributed by atoms with Gasteiger partial charge >= 0.3 is 0 Å². The molecule has 4 nitrogen and oxygen atoms in total. The molecule has 6 heteroatoms. The van der Waals surface area contributed by atoms with Crippen LogP contribution in [0.5, 0.6) is 0 Å². The van der Waals surface area contributed by atoms with Gasteiger partial charge in [-0.15, -0.1) is 0 Å². The van der Waals surface area contributed by atoms with Gasteiger partial charge < -0.3 is 11.1 Å². The van der Waals surface area contributed by atoms with Gasteiger partial charge in [0.2, 0.25) is 5.91 Å². The third-order valence-electron chi connectivity index (χ3n) is 3.85. The third kappa shape index (κ3) is 5.15. The third-order valence-corrected chi connectivity index (χ3v) is 4.42. The van der Waals surface area contributed by atoms with Crippen LogP contribution in [0.1, 0.15) is 19.3 Å². The molecule has 3 N–H and O–H groups in total. The predicted octanol–water partition coefficient (Wildman–Crippen LogP) is 2.99. The second-order valence-corrected chi connectivity index (χ2v) is 6.31. The number of amides is 1. The van der Waals surface area contributed by atoms with Crippen LogP contribution in [0.25, 0.3) is 0 Å². The molecule has 1 aromatic carbocycles. The minimum Gasteiger partial charge on any atom is -0.330 e. The average molecular weight is 330 g/mol. The molecule has 1 fully saturated rings. The normalized spacial score (nSPS) is 16.9. The number of hydrogen-bond donors (Lipinski definition) is 2. The highest BCUT2D eigenvalue weighted by Crippen LogP contribution is 2.25. The second-order valence-electron chi connectivity index (χ2n) is 5.47. The van der Waals surface area contributed by atoms with E-state index in [9.17, 15) is 4.79 Å². The highest BCUT2D eigenvalue weighted by molar-refractivity contribution is 6.35. The van der Waals surface area contributed by atoms with Gasteiger partial charge in [-0.05, 0) is 63.0 Å². The van der Waals surface area contributed by atoms with E-state index in [0.29, 0.717) is 28.2 Å². The number of nitrogens with one attached hydrogen (secondary N) is 1. The monoisotopic (exact) mass is 329 g/mol. The van der Waals surface area contributed by atoms with Crippen molar-refractivity contribution in [3.05, 3.63) is 28.2 Å². The molecule has 21 heavy (non-hydrogen) atoms. The highest BCUT2D eigenvalue weighted by Gasteiger charge is 2.20. The number of likely N-dealkylation sites (tertiary alicyclic amines) is 1. The van der Waals surface area contributed by atoms with E-state index in [1.54, 1.807) is 18.2 Å². The van der Waals surface area contributed by atoms with Crippen molar-refractivity contribution in [1.29, 1.82) is 0 Å². The van der Waals surface area contributed by atoms with E-state index in [4.69, 9.17) is 28.9 Å². The summed E-state index contributed by atoms with van der Waals surface area (Å²) in [6.07, 6.45) is 3.31. The lowest BCUT2D eigenvalue weighted by Gasteiger charge is -2.31. The molecule has 1 aliphatic heterocycles. The average Bonchev–Trinajstić information content (AvgIpc) is 2.45. The van der Waals surface area contributed by atoms with Crippen LogP contribution < -0.4 is 11.1 Å². The first-order valence-corrected chi connectivity index (χ1v) is 8.01. The molecule has 0 unspecified atom stereocenters. The zero-order valence-corrected chi connectivity index (χ0v) is 13.5. The Hall–Kier alpha value is -0.810. The molecule has 116 valence electrons. The van der Waals surface area contributed by atoms with Crippen LogP contribution in [-0.4, -0.2) is 37.0 Å². The van der Waals surface area contributed by atoms with E-state index < -0.39 is 0 Å². The minimum absolute atomic E-state index is 0.0589. The standard InChI is InChI=1S/C15H21Cl2N3O/c16-12-1-2-13(17)14(9-12)19-15(21)10-20-7-4-11(3-6-18)5-8-20/h1-2,9,11H,3-8,10,18H2,(H,19,21). The largest absolute Gasteiger partial charge is 0.330 e. The summed E-state index contributed by atoms with van der Waals surface area (Å²) in [5.41, 5.74) is 6.15. The molecule has 1 saturated heterocycles. The van der Waals surface area contributed by atoms with Gasteiger partial charge in [-0.2, -0.15) is 0 Å². The molecule has 0 atom stereocenters. The molecule has 0 saturated carbocycles. The van der Waals surface area contributed by atoms with Crippen LogP contribution in [0.3, 0.4) is 0 Å². The molecular formula is C15H21Cl2N3O. The molecular weight excluding hydrogens is 309 g/mol. The molecule has 2 rings (SSSR count). The van der Waals surface area contributed by atoms with Gasteiger partial charge in [0.25, 0.3) is 0 Å². The number of nitrogens with two attached hydrogens (primary N) is 1. The zero-order chi connectivity index (χ0) is 15.2. The van der Waals surface area contributed by atoms with E-state index in [1.165, 1.54) is 0 Å². The van der Waals surface area contributed by atoms with E-state index in [0.717, 1.165) is 38.9 Å². The van der Waals surface area contributed by atoms with E-state index >= 15 is 0 Å². The number of carbonyl (C=O) groups excluding carboxylic acids is 1. The Balaban J connectivity index is 1.81. The quantitative estimate of drug-likeness (QED) is 0.873. The minimum atomic E-state index is -0.0589. The molecule has 1 aliphatic rings. The Morgan fingerprint density at radius 2 is 2.05 bits per heavy atom. The van der Waals surface area contributed by atoms with Crippen molar-refractivity contribution >= 4 is 34.8 Å². The maximum Gasteiger partial charge on any atom is 0.238 e. The first-order chi connectivity index (χ1) is 10.1. The Morgan fingerprint density at radius 1 is 1.33 bits per heavy atom. The SMILES string of the molecule is NCCC1CCN(CC(=O)Nc2cc(Cl)ccc2Cl)CC1. The Labute approximate surface area is 135 Å². The van der Waals surface area contributed by atoms with Crippen LogP contribution in [0.2, 0.25) is 10.0 Å². The molecule has 1 amide bonds. The second kappa shape index (κ2) is 7.99. The number of benzene rings is 1. The van der Waals surface area contributed by atoms with Gasteiger partial charge in [0.05, 0.1) is 17.3 Å². The smallest absolute Gasteiger partial charge is 0.238 e. The molecule has 1 heterocycles. The number of rotatable bonds is 5. The lowest BCUT2D eigenvalue weighted by molar-refractivity contribution is -0.117. The fraction of sp³-hybridized carbons (Fsp3) is 0.533. The summed E-state index contributed by atoms with van der Waals surface area (Å²) in [6.45, 7) is 3.03. The summed E-state index contributed by atoms with van der Waals surface area (Å²) in [4.78, 5) is 14.2. The lowest BCUT2D eigenvalue weighted by Crippen LogP contribution is -2.39. The molecule has 1 aromatic rings. The number of anilines is 1. The molecule has 0 aromatic heterocycles. The van der Waals surface area contributed by atoms with Crippen molar-refractivity contribution < 1.29 is 4.79 Å². The summed E-state index contributed by atoms with van der Waals surface area (Å²) < 4.78 is 0. The maximum atomic E-state index is 12.1. The van der Waals surface area contributed by atoms with E-state index in [1.807, 2.05) is 0 Å². The fourth-order valence-corrected chi connectivity index (χ4v) is 2.99. The maximum absolute atomic E-state index is 12.1. The lowest BCUT2D eigenvalue weighted by atomic mass is 9.94. The van der Waals surface area contributed by atoms with Gasteiger partial charge in [0.1, 0.15) is 0 Å². The van der Waals surface area contributed by atoms with Crippen LogP contribution in [0, 0.1) is 5.92 Å². The zero-order valence-electron chi connectivity index (χ0n) is 11.9. The molecule has 0 aliphatic carbocycles. The number of carbonyl (C=O) groups is 1. The molecule has 0 radical (unpaired) electrons. The molecule has 0 spiro atoms. The van der Waals surface area contributed by atoms with Crippen molar-refractivity contribution in [2.24, 2.45) is 11.7 Å². The van der Waals surface area contributed by atoms with Crippen LogP contribution in [0.4, 0.5) is 5.69 Å². The van der Waals surface area contributed by atoms with Crippen molar-refractivity contribution in [2.45, 2.75) is 19.3 Å². The summed E-state index contributed by atoms with van der Waals surface area (Å²) in [7, 11) is 0. The van der Waals surface area contributed by atoms with Crippen LogP contribution in [0.15, 0.2) is 18.2 Å². The van der Waals surface area contributed by atoms with Gasteiger partial charge in [0.15, 0.2) is 0 Å². The van der Waals surface area contributed by atoms with Crippen molar-refractivity contribution in [3.63, 3.8) is 0 Å². The van der Waals surface area contributed by atoms with Gasteiger partial charge in [-0.1, -0.05) is 23.2 Å².